The van der Waals surface area contributed by atoms with Gasteiger partial charge in [0.2, 0.25) is 0 Å². The van der Waals surface area contributed by atoms with Crippen LogP contribution in [0, 0.1) is 13.8 Å². The Balaban J connectivity index is 1.35. The van der Waals surface area contributed by atoms with E-state index in [9.17, 15) is 4.79 Å². The smallest absolute Gasteiger partial charge is 0.255 e. The standard InChI is InChI=1S/C30H38N10O/c1-20-7-8-22(29(41)34-24-15-23(17-31-18-24)30(3,4)5)14-25(20)35-28-13-21(2)36-40(28)27-16-26(32-19-33-27)37-39-11-9-38(6)10-12-39/h7-8,13-19,35H,9-12H2,1-6H3,(H,34,41)(H,32,33,37). The van der Waals surface area contributed by atoms with Crippen molar-refractivity contribution in [2.45, 2.75) is 40.0 Å². The number of aryl methyl sites for hydroxylation is 2. The van der Waals surface area contributed by atoms with Crippen molar-refractivity contribution in [3.05, 3.63) is 77.5 Å². The summed E-state index contributed by atoms with van der Waals surface area (Å²) in [5.41, 5.74) is 8.19. The lowest BCUT2D eigenvalue weighted by Gasteiger charge is -2.32. The SMILES string of the molecule is Cc1cc(Nc2cc(C(=O)Nc3cncc(C(C)(C)C)c3)ccc2C)n(-c2cc(NN3CCN(C)CC3)ncn2)n1. The van der Waals surface area contributed by atoms with Crippen LogP contribution in [0.4, 0.5) is 23.0 Å². The fraction of sp³-hybridized carbons (Fsp3) is 0.367. The summed E-state index contributed by atoms with van der Waals surface area (Å²) in [5.74, 6) is 1.86. The van der Waals surface area contributed by atoms with Gasteiger partial charge >= 0.3 is 0 Å². The third-order valence-corrected chi connectivity index (χ3v) is 7.10. The van der Waals surface area contributed by atoms with Crippen LogP contribution in [0.1, 0.15) is 48.0 Å². The van der Waals surface area contributed by atoms with Crippen LogP contribution >= 0.6 is 0 Å². The number of hydrazine groups is 1. The zero-order chi connectivity index (χ0) is 29.1. The highest BCUT2D eigenvalue weighted by Crippen LogP contribution is 2.27. The molecular weight excluding hydrogens is 516 g/mol. The lowest BCUT2D eigenvalue weighted by atomic mass is 9.88. The van der Waals surface area contributed by atoms with Gasteiger partial charge < -0.3 is 21.0 Å². The summed E-state index contributed by atoms with van der Waals surface area (Å²) >= 11 is 0. The summed E-state index contributed by atoms with van der Waals surface area (Å²) < 4.78 is 1.75. The number of pyridine rings is 1. The van der Waals surface area contributed by atoms with Gasteiger partial charge in [-0.2, -0.15) is 9.78 Å². The largest absolute Gasteiger partial charge is 0.340 e. The molecule has 1 aliphatic rings. The molecule has 1 aliphatic heterocycles. The van der Waals surface area contributed by atoms with Crippen molar-refractivity contribution >= 4 is 28.9 Å². The molecule has 0 bridgehead atoms. The number of hydrogen-bond donors (Lipinski definition) is 3. The maximum Gasteiger partial charge on any atom is 0.255 e. The number of piperazine rings is 1. The topological polar surface area (TPSA) is 116 Å². The van der Waals surface area contributed by atoms with E-state index >= 15 is 0 Å². The minimum atomic E-state index is -0.207. The number of carbonyl (C=O) groups is 1. The van der Waals surface area contributed by atoms with Crippen molar-refractivity contribution in [3.8, 4) is 5.82 Å². The third-order valence-electron chi connectivity index (χ3n) is 7.10. The Morgan fingerprint density at radius 1 is 0.951 bits per heavy atom. The van der Waals surface area contributed by atoms with Crippen molar-refractivity contribution in [2.24, 2.45) is 0 Å². The average Bonchev–Trinajstić information content (AvgIpc) is 3.31. The van der Waals surface area contributed by atoms with Gasteiger partial charge in [0.25, 0.3) is 5.91 Å². The van der Waals surface area contributed by atoms with Crippen molar-refractivity contribution in [2.75, 3.05) is 49.3 Å². The first-order valence-corrected chi connectivity index (χ1v) is 13.8. The lowest BCUT2D eigenvalue weighted by Crippen LogP contribution is -2.47. The molecule has 0 spiro atoms. The van der Waals surface area contributed by atoms with Crippen molar-refractivity contribution in [1.82, 2.24) is 34.6 Å². The predicted molar refractivity (Wildman–Crippen MR) is 162 cm³/mol. The van der Waals surface area contributed by atoms with Crippen LogP contribution in [0.15, 0.2) is 55.1 Å². The van der Waals surface area contributed by atoms with E-state index in [0.29, 0.717) is 22.9 Å². The summed E-state index contributed by atoms with van der Waals surface area (Å²) in [4.78, 5) is 28.7. The normalized spacial score (nSPS) is 14.6. The summed E-state index contributed by atoms with van der Waals surface area (Å²) in [6, 6.07) is 11.4. The molecule has 5 rings (SSSR count). The van der Waals surface area contributed by atoms with Crippen LogP contribution in [0.3, 0.4) is 0 Å². The average molecular weight is 555 g/mol. The minimum absolute atomic E-state index is 0.0686. The number of benzene rings is 1. The number of nitrogens with one attached hydrogen (secondary N) is 3. The van der Waals surface area contributed by atoms with Gasteiger partial charge in [-0.1, -0.05) is 26.8 Å². The molecule has 11 heteroatoms. The highest BCUT2D eigenvalue weighted by atomic mass is 16.1. The van der Waals surface area contributed by atoms with E-state index in [1.165, 1.54) is 6.33 Å². The molecule has 214 valence electrons. The van der Waals surface area contributed by atoms with Crippen molar-refractivity contribution < 1.29 is 4.79 Å². The fourth-order valence-electron chi connectivity index (χ4n) is 4.53. The molecule has 4 heterocycles. The van der Waals surface area contributed by atoms with Crippen LogP contribution in [-0.2, 0) is 5.41 Å². The van der Waals surface area contributed by atoms with Crippen molar-refractivity contribution in [3.63, 3.8) is 0 Å². The molecule has 0 aliphatic carbocycles. The highest BCUT2D eigenvalue weighted by molar-refractivity contribution is 6.05. The molecule has 0 atom stereocenters. The third kappa shape index (κ3) is 6.87. The first-order chi connectivity index (χ1) is 19.5. The molecule has 1 saturated heterocycles. The van der Waals surface area contributed by atoms with Gasteiger partial charge in [0, 0.05) is 55.8 Å². The van der Waals surface area contributed by atoms with E-state index in [1.54, 1.807) is 10.9 Å². The summed E-state index contributed by atoms with van der Waals surface area (Å²) in [6.07, 6.45) is 5.03. The number of hydrogen-bond acceptors (Lipinski definition) is 9. The second-order valence-corrected chi connectivity index (χ2v) is 11.6. The Kier molecular flexibility index (Phi) is 8.00. The number of anilines is 4. The molecule has 1 fully saturated rings. The number of rotatable bonds is 7. The van der Waals surface area contributed by atoms with Crippen molar-refractivity contribution in [1.29, 1.82) is 0 Å². The molecule has 0 unspecified atom stereocenters. The first-order valence-electron chi connectivity index (χ1n) is 13.8. The molecular formula is C30H38N10O. The number of aromatic nitrogens is 5. The molecule has 0 saturated carbocycles. The molecule has 11 nitrogen and oxygen atoms in total. The van der Waals surface area contributed by atoms with Gasteiger partial charge in [0.05, 0.1) is 17.6 Å². The van der Waals surface area contributed by atoms with Gasteiger partial charge in [-0.3, -0.25) is 9.78 Å². The fourth-order valence-corrected chi connectivity index (χ4v) is 4.53. The molecule has 3 N–H and O–H groups in total. The predicted octanol–water partition coefficient (Wildman–Crippen LogP) is 4.54. The number of nitrogens with zero attached hydrogens (tertiary/aromatic N) is 7. The van der Waals surface area contributed by atoms with Gasteiger partial charge in [-0.25, -0.2) is 15.0 Å². The van der Waals surface area contributed by atoms with E-state index in [-0.39, 0.29) is 11.3 Å². The second-order valence-electron chi connectivity index (χ2n) is 11.6. The Hall–Kier alpha value is -4.35. The lowest BCUT2D eigenvalue weighted by molar-refractivity contribution is 0.102. The van der Waals surface area contributed by atoms with E-state index < -0.39 is 0 Å². The maximum absolute atomic E-state index is 13.2. The van der Waals surface area contributed by atoms with Crippen LogP contribution in [0.5, 0.6) is 0 Å². The summed E-state index contributed by atoms with van der Waals surface area (Å²) in [6.45, 7) is 14.1. The number of amides is 1. The van der Waals surface area contributed by atoms with E-state index in [1.807, 2.05) is 56.4 Å². The second kappa shape index (κ2) is 11.6. The van der Waals surface area contributed by atoms with Crippen LogP contribution in [-0.4, -0.2) is 73.8 Å². The molecule has 41 heavy (non-hydrogen) atoms. The van der Waals surface area contributed by atoms with Crippen LogP contribution in [0.2, 0.25) is 0 Å². The molecule has 0 radical (unpaired) electrons. The van der Waals surface area contributed by atoms with Gasteiger partial charge in [-0.05, 0) is 55.6 Å². The molecule has 1 aromatic carbocycles. The van der Waals surface area contributed by atoms with Gasteiger partial charge in [0.15, 0.2) is 5.82 Å². The van der Waals surface area contributed by atoms with Crippen LogP contribution < -0.4 is 16.1 Å². The van der Waals surface area contributed by atoms with E-state index in [2.05, 4.69) is 73.8 Å². The Labute approximate surface area is 241 Å². The minimum Gasteiger partial charge on any atom is -0.340 e. The Morgan fingerprint density at radius 3 is 2.49 bits per heavy atom. The van der Waals surface area contributed by atoms with Crippen LogP contribution in [0.25, 0.3) is 5.82 Å². The first kappa shape index (κ1) is 28.2. The van der Waals surface area contributed by atoms with Gasteiger partial charge in [-0.15, -0.1) is 0 Å². The maximum atomic E-state index is 13.2. The Morgan fingerprint density at radius 2 is 1.73 bits per heavy atom. The zero-order valence-corrected chi connectivity index (χ0v) is 24.6. The molecule has 3 aromatic heterocycles. The monoisotopic (exact) mass is 554 g/mol. The van der Waals surface area contributed by atoms with E-state index in [4.69, 9.17) is 0 Å². The Bertz CT molecular complexity index is 1530. The molecule has 1 amide bonds. The van der Waals surface area contributed by atoms with Gasteiger partial charge in [0.1, 0.15) is 18.0 Å². The summed E-state index contributed by atoms with van der Waals surface area (Å²) in [5, 5.41) is 13.3. The number of carbonyl (C=O) groups excluding carboxylic acids is 1. The number of likely N-dealkylation sites (N-methyl/N-ethyl adjacent to an activating group) is 1. The zero-order valence-electron chi connectivity index (χ0n) is 24.6. The van der Waals surface area contributed by atoms with E-state index in [0.717, 1.165) is 54.5 Å². The molecule has 4 aromatic rings. The highest BCUT2D eigenvalue weighted by Gasteiger charge is 2.18. The quantitative estimate of drug-likeness (QED) is 0.303. The summed E-state index contributed by atoms with van der Waals surface area (Å²) in [7, 11) is 2.13.